The van der Waals surface area contributed by atoms with E-state index in [1.54, 1.807) is 6.20 Å². The summed E-state index contributed by atoms with van der Waals surface area (Å²) in [7, 11) is 0. The zero-order valence-electron chi connectivity index (χ0n) is 15.3. The minimum Gasteiger partial charge on any atom is -0.348 e. The molecule has 1 aliphatic heterocycles. The molecule has 2 aromatic rings. The number of fused-ring (bicyclic) bond motifs is 1. The highest BCUT2D eigenvalue weighted by Crippen LogP contribution is 2.33. The molecule has 1 N–H and O–H groups in total. The Hall–Kier alpha value is -2.36. The number of rotatable bonds is 3. The number of carbonyl (C=O) groups is 1. The second kappa shape index (κ2) is 7.90. The third kappa shape index (κ3) is 3.74. The first kappa shape index (κ1) is 17.1. The minimum absolute atomic E-state index is 0.0379. The van der Waals surface area contributed by atoms with Gasteiger partial charge < -0.3 is 10.2 Å². The maximum absolute atomic E-state index is 12.7. The van der Waals surface area contributed by atoms with Gasteiger partial charge in [-0.25, -0.2) is 0 Å². The van der Waals surface area contributed by atoms with Crippen LogP contribution in [-0.4, -0.2) is 23.5 Å². The summed E-state index contributed by atoms with van der Waals surface area (Å²) in [5, 5.41) is 3.20. The average molecular weight is 349 g/mol. The summed E-state index contributed by atoms with van der Waals surface area (Å²) in [6.45, 7) is 0.977. The van der Waals surface area contributed by atoms with Gasteiger partial charge >= 0.3 is 0 Å². The van der Waals surface area contributed by atoms with Crippen LogP contribution in [0, 0.1) is 0 Å². The molecule has 0 unspecified atom stereocenters. The van der Waals surface area contributed by atoms with Gasteiger partial charge in [0.25, 0.3) is 5.91 Å². The van der Waals surface area contributed by atoms with E-state index in [4.69, 9.17) is 0 Å². The van der Waals surface area contributed by atoms with Crippen LogP contribution in [0.1, 0.15) is 61.0 Å². The van der Waals surface area contributed by atoms with Crippen molar-refractivity contribution in [3.05, 3.63) is 53.9 Å². The fourth-order valence-electron chi connectivity index (χ4n) is 4.20. The zero-order valence-corrected chi connectivity index (χ0v) is 15.3. The van der Waals surface area contributed by atoms with Crippen molar-refractivity contribution < 1.29 is 4.79 Å². The van der Waals surface area contributed by atoms with Gasteiger partial charge in [0.2, 0.25) is 0 Å². The molecule has 1 amide bonds. The number of carbonyl (C=O) groups excluding carboxylic acids is 1. The maximum atomic E-state index is 12.7. The third-order valence-electron chi connectivity index (χ3n) is 5.59. The van der Waals surface area contributed by atoms with Gasteiger partial charge in [0, 0.05) is 30.2 Å². The Labute approximate surface area is 155 Å². The Morgan fingerprint density at radius 1 is 1.04 bits per heavy atom. The highest BCUT2D eigenvalue weighted by molar-refractivity contribution is 5.93. The number of para-hydroxylation sites is 1. The molecule has 26 heavy (non-hydrogen) atoms. The molecule has 0 radical (unpaired) electrons. The number of aryl methyl sites for hydroxylation is 1. The van der Waals surface area contributed by atoms with Gasteiger partial charge in [-0.1, -0.05) is 43.9 Å². The summed E-state index contributed by atoms with van der Waals surface area (Å²) < 4.78 is 0. The number of amides is 1. The summed E-state index contributed by atoms with van der Waals surface area (Å²) in [5.74, 6) is -0.0379. The van der Waals surface area contributed by atoms with Crippen LogP contribution in [0.2, 0.25) is 0 Å². The average Bonchev–Trinajstić information content (AvgIpc) is 2.96. The number of anilines is 2. The largest absolute Gasteiger partial charge is 0.348 e. The molecule has 2 aliphatic rings. The molecule has 0 atom stereocenters. The Kier molecular flexibility index (Phi) is 5.19. The fraction of sp³-hybridized carbons (Fsp3) is 0.455. The van der Waals surface area contributed by atoms with E-state index in [1.165, 1.54) is 36.9 Å². The highest BCUT2D eigenvalue weighted by Gasteiger charge is 2.20. The molecule has 1 aromatic carbocycles. The Morgan fingerprint density at radius 2 is 1.85 bits per heavy atom. The summed E-state index contributed by atoms with van der Waals surface area (Å²) in [6.07, 6.45) is 11.2. The fourth-order valence-corrected chi connectivity index (χ4v) is 4.20. The normalized spacial score (nSPS) is 18.1. The predicted octanol–water partition coefficient (Wildman–Crippen LogP) is 4.62. The van der Waals surface area contributed by atoms with Crippen LogP contribution < -0.4 is 10.2 Å². The molecule has 136 valence electrons. The molecule has 4 rings (SSSR count). The summed E-state index contributed by atoms with van der Waals surface area (Å²) in [4.78, 5) is 19.4. The molecule has 0 bridgehead atoms. The molecule has 1 aromatic heterocycles. The van der Waals surface area contributed by atoms with Crippen molar-refractivity contribution in [2.75, 3.05) is 11.4 Å². The van der Waals surface area contributed by atoms with Gasteiger partial charge in [-0.3, -0.25) is 9.78 Å². The van der Waals surface area contributed by atoms with Crippen molar-refractivity contribution in [3.8, 4) is 0 Å². The van der Waals surface area contributed by atoms with Crippen LogP contribution in [0.3, 0.4) is 0 Å². The molecule has 1 fully saturated rings. The molecule has 0 saturated heterocycles. The number of aromatic nitrogens is 1. The Balaban J connectivity index is 1.53. The quantitative estimate of drug-likeness (QED) is 0.823. The van der Waals surface area contributed by atoms with Crippen LogP contribution in [0.4, 0.5) is 11.4 Å². The Bertz CT molecular complexity index is 765. The van der Waals surface area contributed by atoms with E-state index >= 15 is 0 Å². The smallest absolute Gasteiger partial charge is 0.270 e. The second-order valence-electron chi connectivity index (χ2n) is 7.45. The zero-order chi connectivity index (χ0) is 17.8. The van der Waals surface area contributed by atoms with Crippen molar-refractivity contribution in [2.45, 2.75) is 57.4 Å². The SMILES string of the molecule is O=C(NC1CCCCCC1)c1cc(N2CCCc3ccccc32)ccn1. The third-order valence-corrected chi connectivity index (χ3v) is 5.59. The van der Waals surface area contributed by atoms with Gasteiger partial charge in [-0.2, -0.15) is 0 Å². The topological polar surface area (TPSA) is 45.2 Å². The summed E-state index contributed by atoms with van der Waals surface area (Å²) >= 11 is 0. The van der Waals surface area contributed by atoms with Crippen LogP contribution in [0.25, 0.3) is 0 Å². The minimum atomic E-state index is -0.0379. The van der Waals surface area contributed by atoms with Crippen molar-refractivity contribution in [1.82, 2.24) is 10.3 Å². The van der Waals surface area contributed by atoms with E-state index in [1.807, 2.05) is 12.1 Å². The number of pyridine rings is 1. The lowest BCUT2D eigenvalue weighted by Crippen LogP contribution is -2.35. The second-order valence-corrected chi connectivity index (χ2v) is 7.45. The number of hydrogen-bond donors (Lipinski definition) is 1. The molecular formula is C22H27N3O. The lowest BCUT2D eigenvalue weighted by Gasteiger charge is -2.31. The van der Waals surface area contributed by atoms with Crippen LogP contribution in [0.5, 0.6) is 0 Å². The number of hydrogen-bond acceptors (Lipinski definition) is 3. The van der Waals surface area contributed by atoms with Gasteiger partial charge in [0.05, 0.1) is 0 Å². The molecular weight excluding hydrogens is 322 g/mol. The standard InChI is InChI=1S/C22H27N3O/c26-22(24-18-10-3-1-2-4-11-18)20-16-19(13-14-23-20)25-15-7-9-17-8-5-6-12-21(17)25/h5-6,8,12-14,16,18H,1-4,7,9-11,15H2,(H,24,26). The van der Waals surface area contributed by atoms with E-state index in [9.17, 15) is 4.79 Å². The van der Waals surface area contributed by atoms with Crippen molar-refractivity contribution in [3.63, 3.8) is 0 Å². The summed E-state index contributed by atoms with van der Waals surface area (Å²) in [6, 6.07) is 12.8. The molecule has 4 nitrogen and oxygen atoms in total. The number of nitrogens with one attached hydrogen (secondary N) is 1. The van der Waals surface area contributed by atoms with Crippen LogP contribution >= 0.6 is 0 Å². The Morgan fingerprint density at radius 3 is 2.69 bits per heavy atom. The molecule has 1 saturated carbocycles. The highest BCUT2D eigenvalue weighted by atomic mass is 16.1. The molecule has 0 spiro atoms. The van der Waals surface area contributed by atoms with Crippen LogP contribution in [-0.2, 0) is 6.42 Å². The van der Waals surface area contributed by atoms with Crippen molar-refractivity contribution >= 4 is 17.3 Å². The van der Waals surface area contributed by atoms with E-state index in [0.29, 0.717) is 11.7 Å². The van der Waals surface area contributed by atoms with E-state index in [-0.39, 0.29) is 5.91 Å². The van der Waals surface area contributed by atoms with Crippen LogP contribution in [0.15, 0.2) is 42.6 Å². The van der Waals surface area contributed by atoms with E-state index < -0.39 is 0 Å². The van der Waals surface area contributed by atoms with Gasteiger partial charge in [-0.15, -0.1) is 0 Å². The van der Waals surface area contributed by atoms with Gasteiger partial charge in [-0.05, 0) is 49.4 Å². The number of nitrogens with zero attached hydrogens (tertiary/aromatic N) is 2. The molecule has 2 heterocycles. The first-order valence-electron chi connectivity index (χ1n) is 9.93. The maximum Gasteiger partial charge on any atom is 0.270 e. The van der Waals surface area contributed by atoms with Gasteiger partial charge in [0.15, 0.2) is 0 Å². The first-order chi connectivity index (χ1) is 12.8. The monoisotopic (exact) mass is 349 g/mol. The molecule has 1 aliphatic carbocycles. The predicted molar refractivity (Wildman–Crippen MR) is 105 cm³/mol. The van der Waals surface area contributed by atoms with Crippen molar-refractivity contribution in [1.29, 1.82) is 0 Å². The van der Waals surface area contributed by atoms with Crippen molar-refractivity contribution in [2.24, 2.45) is 0 Å². The van der Waals surface area contributed by atoms with E-state index in [2.05, 4.69) is 39.5 Å². The van der Waals surface area contributed by atoms with E-state index in [0.717, 1.165) is 37.9 Å². The lowest BCUT2D eigenvalue weighted by molar-refractivity contribution is 0.0928. The first-order valence-corrected chi connectivity index (χ1v) is 9.93. The molecule has 4 heteroatoms. The summed E-state index contributed by atoms with van der Waals surface area (Å²) in [5.41, 5.74) is 4.20. The lowest BCUT2D eigenvalue weighted by atomic mass is 10.0. The number of benzene rings is 1. The van der Waals surface area contributed by atoms with Gasteiger partial charge in [0.1, 0.15) is 5.69 Å².